The average molecular weight is 253 g/mol. The summed E-state index contributed by atoms with van der Waals surface area (Å²) >= 11 is 0. The molecule has 0 saturated heterocycles. The van der Waals surface area contributed by atoms with Crippen molar-refractivity contribution < 1.29 is 33.9 Å². The van der Waals surface area contributed by atoms with E-state index in [1.807, 2.05) is 20.8 Å². The summed E-state index contributed by atoms with van der Waals surface area (Å²) in [6, 6.07) is 5.04. The Hall–Kier alpha value is -1.37. The van der Waals surface area contributed by atoms with Crippen LogP contribution in [0.2, 0.25) is 0 Å². The number of carboxylic acid groups (broad SMARTS) is 1. The molecule has 2 N–H and O–H groups in total. The summed E-state index contributed by atoms with van der Waals surface area (Å²) in [5, 5.41) is 24.3. The van der Waals surface area contributed by atoms with Gasteiger partial charge >= 0.3 is 18.9 Å². The molecule has 1 aliphatic heterocycles. The fourth-order valence-electron chi connectivity index (χ4n) is 2.15. The first kappa shape index (κ1) is 15.7. The predicted molar refractivity (Wildman–Crippen MR) is 68.0 cm³/mol. The van der Waals surface area contributed by atoms with Crippen molar-refractivity contribution >= 4 is 17.7 Å². The number of hydrogen-bond donors (Lipinski definition) is 2. The molecule has 1 unspecified atom stereocenters. The summed E-state index contributed by atoms with van der Waals surface area (Å²) in [6.07, 6.45) is 3.29. The Bertz CT molecular complexity index is 534. The van der Waals surface area contributed by atoms with Crippen molar-refractivity contribution in [3.05, 3.63) is 29.8 Å². The summed E-state index contributed by atoms with van der Waals surface area (Å²) in [5.41, 5.74) is -0.739. The van der Waals surface area contributed by atoms with E-state index in [1.165, 1.54) is 6.07 Å². The molecule has 1 aromatic carbocycles. The zero-order chi connectivity index (χ0) is 13.6. The summed E-state index contributed by atoms with van der Waals surface area (Å²) in [4.78, 5) is 11.5. The molecule has 0 radical (unpaired) electrons. The summed E-state index contributed by atoms with van der Waals surface area (Å²) < 4.78 is 0. The van der Waals surface area contributed by atoms with Crippen LogP contribution in [0.4, 0.5) is 5.69 Å². The molecule has 1 heterocycles. The molecule has 0 bridgehead atoms. The minimum absolute atomic E-state index is 0. The number of carbonyl (C=O) groups is 1. The standard InChI is InChI=1S/C14H17NO3.Li/c1-13(2,3)14(12(17)18)8-7-9-5-4-6-10(16)11(9)15-14;/h4-8,15-16H,1-3H3,(H,17,18);/q;+1/p-1. The van der Waals surface area contributed by atoms with Gasteiger partial charge in [0.2, 0.25) is 0 Å². The SMILES string of the molecule is CC(C)(C)C1(C(=O)[O-])C=Cc2cccc(O)c2N1.[Li+]. The second-order valence-electron chi connectivity index (χ2n) is 5.55. The van der Waals surface area contributed by atoms with E-state index in [-0.39, 0.29) is 24.6 Å². The largest absolute Gasteiger partial charge is 1.00 e. The number of nitrogens with one attached hydrogen (secondary N) is 1. The van der Waals surface area contributed by atoms with Gasteiger partial charge in [0.05, 0.1) is 11.7 Å². The fraction of sp³-hybridized carbons (Fsp3) is 0.357. The number of carbonyl (C=O) groups excluding carboxylic acids is 1. The number of rotatable bonds is 1. The molecule has 0 aliphatic carbocycles. The molecular formula is C14H16LiNO3. The van der Waals surface area contributed by atoms with E-state index < -0.39 is 16.9 Å². The van der Waals surface area contributed by atoms with Gasteiger partial charge in [0, 0.05) is 5.56 Å². The van der Waals surface area contributed by atoms with Crippen LogP contribution in [-0.2, 0) is 4.79 Å². The number of benzene rings is 1. The maximum Gasteiger partial charge on any atom is 1.00 e. The van der Waals surface area contributed by atoms with E-state index in [9.17, 15) is 15.0 Å². The zero-order valence-electron chi connectivity index (χ0n) is 11.7. The smallest absolute Gasteiger partial charge is 0.547 e. The van der Waals surface area contributed by atoms with E-state index >= 15 is 0 Å². The number of aromatic hydroxyl groups is 1. The number of fused-ring (bicyclic) bond motifs is 1. The van der Waals surface area contributed by atoms with Crippen LogP contribution >= 0.6 is 0 Å². The molecule has 0 spiro atoms. The first-order chi connectivity index (χ1) is 8.28. The molecule has 0 amide bonds. The molecule has 1 atom stereocenters. The molecule has 1 aliphatic rings. The van der Waals surface area contributed by atoms with E-state index in [1.54, 1.807) is 24.3 Å². The first-order valence-corrected chi connectivity index (χ1v) is 5.79. The number of aliphatic carboxylic acids is 1. The Balaban J connectivity index is 0.00000180. The number of anilines is 1. The summed E-state index contributed by atoms with van der Waals surface area (Å²) in [5.74, 6) is -1.17. The van der Waals surface area contributed by atoms with Crippen molar-refractivity contribution in [3.8, 4) is 5.75 Å². The Morgan fingerprint density at radius 3 is 2.53 bits per heavy atom. The van der Waals surface area contributed by atoms with Gasteiger partial charge in [-0.1, -0.05) is 45.1 Å². The Kier molecular flexibility index (Phi) is 4.09. The van der Waals surface area contributed by atoms with Crippen LogP contribution in [0, 0.1) is 5.41 Å². The third kappa shape index (κ3) is 2.38. The summed E-state index contributed by atoms with van der Waals surface area (Å²) in [6.45, 7) is 5.43. The second-order valence-corrected chi connectivity index (χ2v) is 5.55. The Morgan fingerprint density at radius 1 is 1.37 bits per heavy atom. The molecule has 19 heavy (non-hydrogen) atoms. The van der Waals surface area contributed by atoms with Crippen LogP contribution in [0.3, 0.4) is 0 Å². The van der Waals surface area contributed by atoms with Crippen LogP contribution in [0.1, 0.15) is 26.3 Å². The normalized spacial score (nSPS) is 21.0. The Labute approximate surface area is 124 Å². The van der Waals surface area contributed by atoms with Gasteiger partial charge in [-0.3, -0.25) is 0 Å². The van der Waals surface area contributed by atoms with E-state index in [0.29, 0.717) is 5.69 Å². The van der Waals surface area contributed by atoms with Gasteiger partial charge in [-0.15, -0.1) is 0 Å². The second kappa shape index (κ2) is 4.95. The fourth-order valence-corrected chi connectivity index (χ4v) is 2.15. The van der Waals surface area contributed by atoms with Crippen molar-refractivity contribution in [1.82, 2.24) is 0 Å². The maximum atomic E-state index is 11.5. The van der Waals surface area contributed by atoms with Gasteiger partial charge in [-0.2, -0.15) is 0 Å². The van der Waals surface area contributed by atoms with E-state index in [0.717, 1.165) is 5.56 Å². The van der Waals surface area contributed by atoms with Crippen LogP contribution in [0.5, 0.6) is 5.75 Å². The first-order valence-electron chi connectivity index (χ1n) is 5.79. The van der Waals surface area contributed by atoms with E-state index in [4.69, 9.17) is 0 Å². The minimum atomic E-state index is -1.33. The van der Waals surface area contributed by atoms with Crippen LogP contribution in [-0.4, -0.2) is 16.6 Å². The molecule has 96 valence electrons. The van der Waals surface area contributed by atoms with Crippen molar-refractivity contribution in [2.45, 2.75) is 26.3 Å². The topological polar surface area (TPSA) is 72.4 Å². The predicted octanol–water partition coefficient (Wildman–Crippen LogP) is -1.63. The summed E-state index contributed by atoms with van der Waals surface area (Å²) in [7, 11) is 0. The Morgan fingerprint density at radius 2 is 2.00 bits per heavy atom. The van der Waals surface area contributed by atoms with Crippen LogP contribution in [0.25, 0.3) is 6.08 Å². The van der Waals surface area contributed by atoms with Gasteiger partial charge < -0.3 is 20.3 Å². The van der Waals surface area contributed by atoms with E-state index in [2.05, 4.69) is 5.32 Å². The number of phenolic OH excluding ortho intramolecular Hbond substituents is 1. The van der Waals surface area contributed by atoms with Crippen molar-refractivity contribution in [3.63, 3.8) is 0 Å². The quantitative estimate of drug-likeness (QED) is 0.465. The molecule has 5 heteroatoms. The minimum Gasteiger partial charge on any atom is -0.547 e. The van der Waals surface area contributed by atoms with Gasteiger partial charge in [-0.25, -0.2) is 0 Å². The third-order valence-electron chi connectivity index (χ3n) is 3.41. The average Bonchev–Trinajstić information content (AvgIpc) is 2.27. The van der Waals surface area contributed by atoms with Crippen LogP contribution < -0.4 is 29.3 Å². The van der Waals surface area contributed by atoms with Crippen LogP contribution in [0.15, 0.2) is 24.3 Å². The van der Waals surface area contributed by atoms with Gasteiger partial charge in [0.1, 0.15) is 11.3 Å². The monoisotopic (exact) mass is 253 g/mol. The number of hydrogen-bond acceptors (Lipinski definition) is 4. The van der Waals surface area contributed by atoms with Crippen molar-refractivity contribution in [2.24, 2.45) is 5.41 Å². The number of phenols is 1. The molecule has 2 rings (SSSR count). The van der Waals surface area contributed by atoms with Crippen molar-refractivity contribution in [2.75, 3.05) is 5.32 Å². The molecule has 1 aromatic rings. The maximum absolute atomic E-state index is 11.5. The molecule has 0 fully saturated rings. The van der Waals surface area contributed by atoms with Gasteiger partial charge in [0.15, 0.2) is 0 Å². The molecule has 4 nitrogen and oxygen atoms in total. The molecular weight excluding hydrogens is 237 g/mol. The van der Waals surface area contributed by atoms with Gasteiger partial charge in [0.25, 0.3) is 0 Å². The number of para-hydroxylation sites is 1. The van der Waals surface area contributed by atoms with Gasteiger partial charge in [-0.05, 0) is 11.5 Å². The third-order valence-corrected chi connectivity index (χ3v) is 3.41. The van der Waals surface area contributed by atoms with Crippen molar-refractivity contribution in [1.29, 1.82) is 0 Å². The molecule has 0 aromatic heterocycles. The molecule has 0 saturated carbocycles. The number of carboxylic acids is 1. The zero-order valence-corrected chi connectivity index (χ0v) is 11.7.